The molecule has 2 nitrogen and oxygen atoms in total. The Morgan fingerprint density at radius 1 is 1.33 bits per heavy atom. The first-order valence-electron chi connectivity index (χ1n) is 4.93. The SMILES string of the molecule is CCC(CCOC)CNC(C)C. The molecular formula is C10H23NO. The highest BCUT2D eigenvalue weighted by molar-refractivity contribution is 4.62. The van der Waals surface area contributed by atoms with Crippen LogP contribution in [0.3, 0.4) is 0 Å². The van der Waals surface area contributed by atoms with Gasteiger partial charge in [0.15, 0.2) is 0 Å². The van der Waals surface area contributed by atoms with Gasteiger partial charge in [0.25, 0.3) is 0 Å². The van der Waals surface area contributed by atoms with E-state index < -0.39 is 0 Å². The average Bonchev–Trinajstić information content (AvgIpc) is 2.05. The van der Waals surface area contributed by atoms with E-state index in [1.54, 1.807) is 7.11 Å². The number of rotatable bonds is 7. The molecule has 1 N–H and O–H groups in total. The van der Waals surface area contributed by atoms with E-state index in [1.165, 1.54) is 12.8 Å². The van der Waals surface area contributed by atoms with Gasteiger partial charge in [0.2, 0.25) is 0 Å². The van der Waals surface area contributed by atoms with E-state index in [0.717, 1.165) is 19.1 Å². The van der Waals surface area contributed by atoms with Crippen LogP contribution < -0.4 is 5.32 Å². The van der Waals surface area contributed by atoms with Crippen LogP contribution >= 0.6 is 0 Å². The summed E-state index contributed by atoms with van der Waals surface area (Å²) in [5, 5.41) is 3.45. The van der Waals surface area contributed by atoms with Crippen LogP contribution in [0.25, 0.3) is 0 Å². The minimum absolute atomic E-state index is 0.599. The molecular weight excluding hydrogens is 150 g/mol. The second-order valence-corrected chi connectivity index (χ2v) is 3.62. The van der Waals surface area contributed by atoms with Gasteiger partial charge in [-0.1, -0.05) is 27.2 Å². The van der Waals surface area contributed by atoms with Gasteiger partial charge in [-0.25, -0.2) is 0 Å². The second-order valence-electron chi connectivity index (χ2n) is 3.62. The molecule has 74 valence electrons. The Balaban J connectivity index is 3.39. The van der Waals surface area contributed by atoms with Gasteiger partial charge in [0.1, 0.15) is 0 Å². The van der Waals surface area contributed by atoms with E-state index in [9.17, 15) is 0 Å². The second kappa shape index (κ2) is 7.56. The van der Waals surface area contributed by atoms with Gasteiger partial charge < -0.3 is 10.1 Å². The summed E-state index contributed by atoms with van der Waals surface area (Å²) in [5.41, 5.74) is 0. The van der Waals surface area contributed by atoms with Gasteiger partial charge in [0, 0.05) is 19.8 Å². The molecule has 0 saturated carbocycles. The standard InChI is InChI=1S/C10H23NO/c1-5-10(6-7-12-4)8-11-9(2)3/h9-11H,5-8H2,1-4H3. The van der Waals surface area contributed by atoms with Crippen molar-refractivity contribution in [2.24, 2.45) is 5.92 Å². The predicted molar refractivity (Wildman–Crippen MR) is 53.4 cm³/mol. The normalized spacial score (nSPS) is 13.8. The molecule has 0 heterocycles. The van der Waals surface area contributed by atoms with E-state index in [4.69, 9.17) is 4.74 Å². The number of methoxy groups -OCH3 is 1. The van der Waals surface area contributed by atoms with Crippen LogP contribution in [0.2, 0.25) is 0 Å². The summed E-state index contributed by atoms with van der Waals surface area (Å²) in [5.74, 6) is 0.771. The lowest BCUT2D eigenvalue weighted by Gasteiger charge is -2.16. The molecule has 0 amide bonds. The first-order valence-corrected chi connectivity index (χ1v) is 4.93. The van der Waals surface area contributed by atoms with Crippen molar-refractivity contribution in [3.05, 3.63) is 0 Å². The molecule has 2 heteroatoms. The van der Waals surface area contributed by atoms with Crippen LogP contribution in [0.1, 0.15) is 33.6 Å². The van der Waals surface area contributed by atoms with Crippen LogP contribution in [0.5, 0.6) is 0 Å². The first kappa shape index (κ1) is 11.9. The lowest BCUT2D eigenvalue weighted by atomic mass is 10.0. The number of hydrogen-bond acceptors (Lipinski definition) is 2. The van der Waals surface area contributed by atoms with Crippen LogP contribution in [0, 0.1) is 5.92 Å². The first-order chi connectivity index (χ1) is 5.70. The lowest BCUT2D eigenvalue weighted by Crippen LogP contribution is -2.29. The quantitative estimate of drug-likeness (QED) is 0.636. The van der Waals surface area contributed by atoms with Crippen LogP contribution in [-0.2, 0) is 4.74 Å². The molecule has 0 aliphatic heterocycles. The van der Waals surface area contributed by atoms with Gasteiger partial charge in [-0.2, -0.15) is 0 Å². The molecule has 0 bridgehead atoms. The summed E-state index contributed by atoms with van der Waals surface area (Å²) in [6.07, 6.45) is 2.41. The average molecular weight is 173 g/mol. The third-order valence-corrected chi connectivity index (χ3v) is 2.12. The van der Waals surface area contributed by atoms with Gasteiger partial charge in [0.05, 0.1) is 0 Å². The van der Waals surface area contributed by atoms with Crippen molar-refractivity contribution in [1.29, 1.82) is 0 Å². The zero-order valence-corrected chi connectivity index (χ0v) is 8.89. The highest BCUT2D eigenvalue weighted by Crippen LogP contribution is 2.06. The third kappa shape index (κ3) is 6.62. The monoisotopic (exact) mass is 173 g/mol. The molecule has 0 rings (SSSR count). The summed E-state index contributed by atoms with van der Waals surface area (Å²) in [6, 6.07) is 0.599. The van der Waals surface area contributed by atoms with Crippen molar-refractivity contribution >= 4 is 0 Å². The Bertz CT molecular complexity index is 93.8. The maximum absolute atomic E-state index is 5.05. The zero-order valence-electron chi connectivity index (χ0n) is 8.89. The van der Waals surface area contributed by atoms with E-state index in [2.05, 4.69) is 26.1 Å². The fourth-order valence-electron chi connectivity index (χ4n) is 1.14. The van der Waals surface area contributed by atoms with Crippen molar-refractivity contribution in [2.45, 2.75) is 39.7 Å². The van der Waals surface area contributed by atoms with Gasteiger partial charge in [-0.15, -0.1) is 0 Å². The molecule has 0 aliphatic carbocycles. The molecule has 1 atom stereocenters. The number of nitrogens with one attached hydrogen (secondary N) is 1. The minimum atomic E-state index is 0.599. The van der Waals surface area contributed by atoms with Crippen molar-refractivity contribution in [1.82, 2.24) is 5.32 Å². The summed E-state index contributed by atoms with van der Waals surface area (Å²) < 4.78 is 5.05. The smallest absolute Gasteiger partial charge is 0.0465 e. The Morgan fingerprint density at radius 3 is 2.42 bits per heavy atom. The molecule has 0 aromatic heterocycles. The Morgan fingerprint density at radius 2 is 2.00 bits per heavy atom. The van der Waals surface area contributed by atoms with E-state index >= 15 is 0 Å². The van der Waals surface area contributed by atoms with Crippen molar-refractivity contribution in [3.63, 3.8) is 0 Å². The molecule has 12 heavy (non-hydrogen) atoms. The Hall–Kier alpha value is -0.0800. The summed E-state index contributed by atoms with van der Waals surface area (Å²) in [4.78, 5) is 0. The maximum atomic E-state index is 5.05. The van der Waals surface area contributed by atoms with Crippen molar-refractivity contribution in [2.75, 3.05) is 20.3 Å². The predicted octanol–water partition coefficient (Wildman–Crippen LogP) is 2.05. The fourth-order valence-corrected chi connectivity index (χ4v) is 1.14. The summed E-state index contributed by atoms with van der Waals surface area (Å²) in [7, 11) is 1.77. The van der Waals surface area contributed by atoms with Crippen LogP contribution in [0.4, 0.5) is 0 Å². The van der Waals surface area contributed by atoms with Gasteiger partial charge >= 0.3 is 0 Å². The van der Waals surface area contributed by atoms with Crippen molar-refractivity contribution in [3.8, 4) is 0 Å². The topological polar surface area (TPSA) is 21.3 Å². The van der Waals surface area contributed by atoms with Crippen LogP contribution in [0.15, 0.2) is 0 Å². The van der Waals surface area contributed by atoms with Crippen LogP contribution in [-0.4, -0.2) is 26.3 Å². The lowest BCUT2D eigenvalue weighted by molar-refractivity contribution is 0.174. The molecule has 0 spiro atoms. The Kier molecular flexibility index (Phi) is 7.51. The molecule has 0 fully saturated rings. The minimum Gasteiger partial charge on any atom is -0.385 e. The Labute approximate surface area is 76.7 Å². The fraction of sp³-hybridized carbons (Fsp3) is 1.00. The molecule has 0 aromatic carbocycles. The van der Waals surface area contributed by atoms with E-state index in [0.29, 0.717) is 6.04 Å². The largest absolute Gasteiger partial charge is 0.385 e. The van der Waals surface area contributed by atoms with E-state index in [-0.39, 0.29) is 0 Å². The molecule has 0 saturated heterocycles. The molecule has 1 unspecified atom stereocenters. The highest BCUT2D eigenvalue weighted by Gasteiger charge is 2.05. The maximum Gasteiger partial charge on any atom is 0.0465 e. The summed E-state index contributed by atoms with van der Waals surface area (Å²) in [6.45, 7) is 8.62. The molecule has 0 aliphatic rings. The molecule has 0 radical (unpaired) electrons. The zero-order chi connectivity index (χ0) is 9.40. The van der Waals surface area contributed by atoms with E-state index in [1.807, 2.05) is 0 Å². The molecule has 0 aromatic rings. The number of ether oxygens (including phenoxy) is 1. The highest BCUT2D eigenvalue weighted by atomic mass is 16.5. The number of hydrogen-bond donors (Lipinski definition) is 1. The van der Waals surface area contributed by atoms with Gasteiger partial charge in [-0.3, -0.25) is 0 Å². The third-order valence-electron chi connectivity index (χ3n) is 2.12. The summed E-state index contributed by atoms with van der Waals surface area (Å²) >= 11 is 0. The van der Waals surface area contributed by atoms with Gasteiger partial charge in [-0.05, 0) is 18.9 Å². The van der Waals surface area contributed by atoms with Crippen molar-refractivity contribution < 1.29 is 4.74 Å².